The van der Waals surface area contributed by atoms with E-state index in [0.717, 1.165) is 0 Å². The van der Waals surface area contributed by atoms with E-state index in [1.54, 1.807) is 43.3 Å². The Kier molecular flexibility index (Phi) is 3.88. The summed E-state index contributed by atoms with van der Waals surface area (Å²) in [6, 6.07) is 13.3. The van der Waals surface area contributed by atoms with Crippen LogP contribution in [0.5, 0.6) is 11.5 Å². The van der Waals surface area contributed by atoms with Gasteiger partial charge in [-0.3, -0.25) is 0 Å². The number of carbonyl (C=O) groups is 1. The van der Waals surface area contributed by atoms with Crippen LogP contribution < -0.4 is 10.4 Å². The Morgan fingerprint density at radius 2 is 1.88 bits per heavy atom. The summed E-state index contributed by atoms with van der Waals surface area (Å²) in [5.74, 6) is -0.796. The quantitative estimate of drug-likeness (QED) is 0.576. The molecule has 0 saturated heterocycles. The Bertz CT molecular complexity index is 1030. The van der Waals surface area contributed by atoms with Gasteiger partial charge >= 0.3 is 11.6 Å². The fraction of sp³-hybridized carbons (Fsp3) is 0.200. The summed E-state index contributed by atoms with van der Waals surface area (Å²) in [6.07, 6.45) is -0.997. The monoisotopic (exact) mass is 352 g/mol. The van der Waals surface area contributed by atoms with E-state index < -0.39 is 23.6 Å². The molecule has 0 aliphatic carbocycles. The number of phenols is 1. The molecule has 1 aliphatic rings. The van der Waals surface area contributed by atoms with E-state index in [4.69, 9.17) is 13.9 Å². The van der Waals surface area contributed by atoms with Crippen molar-refractivity contribution in [3.8, 4) is 11.5 Å². The third-order valence-electron chi connectivity index (χ3n) is 4.43. The normalized spacial score (nSPS) is 18.3. The van der Waals surface area contributed by atoms with Crippen LogP contribution in [0.3, 0.4) is 0 Å². The van der Waals surface area contributed by atoms with Gasteiger partial charge < -0.3 is 19.0 Å². The van der Waals surface area contributed by atoms with Gasteiger partial charge in [0, 0.05) is 0 Å². The Morgan fingerprint density at radius 1 is 1.15 bits per heavy atom. The molecule has 0 radical (unpaired) electrons. The topological polar surface area (TPSA) is 86.0 Å². The van der Waals surface area contributed by atoms with Crippen LogP contribution in [0.15, 0.2) is 57.7 Å². The molecule has 2 atom stereocenters. The Labute approximate surface area is 148 Å². The average Bonchev–Trinajstić information content (AvgIpc) is 3.04. The second kappa shape index (κ2) is 6.22. The largest absolute Gasteiger partial charge is 0.508 e. The first-order valence-corrected chi connectivity index (χ1v) is 8.28. The summed E-state index contributed by atoms with van der Waals surface area (Å²) in [5.41, 5.74) is 0.781. The lowest BCUT2D eigenvalue weighted by Gasteiger charge is -2.17. The summed E-state index contributed by atoms with van der Waals surface area (Å²) in [5, 5.41) is 10.2. The molecule has 0 bridgehead atoms. The van der Waals surface area contributed by atoms with Gasteiger partial charge in [-0.25, -0.2) is 9.59 Å². The van der Waals surface area contributed by atoms with Gasteiger partial charge in [-0.2, -0.15) is 0 Å². The van der Waals surface area contributed by atoms with Gasteiger partial charge in [0.05, 0.1) is 23.5 Å². The molecule has 1 N–H and O–H groups in total. The van der Waals surface area contributed by atoms with Gasteiger partial charge in [0.25, 0.3) is 0 Å². The molecule has 1 aliphatic heterocycles. The molecular formula is C20H16O6. The number of para-hydroxylation sites is 1. The Balaban J connectivity index is 1.94. The van der Waals surface area contributed by atoms with E-state index in [1.807, 2.05) is 0 Å². The molecule has 0 fully saturated rings. The number of fused-ring (bicyclic) bond motifs is 3. The predicted octanol–water partition coefficient (Wildman–Crippen LogP) is 2.95. The molecule has 3 aromatic rings. The van der Waals surface area contributed by atoms with Crippen LogP contribution in [0.1, 0.15) is 24.0 Å². The van der Waals surface area contributed by atoms with Gasteiger partial charge in [0.1, 0.15) is 17.1 Å². The number of aromatic hydroxyl groups is 1. The van der Waals surface area contributed by atoms with Crippen molar-refractivity contribution in [3.05, 3.63) is 70.1 Å². The molecule has 26 heavy (non-hydrogen) atoms. The van der Waals surface area contributed by atoms with Crippen molar-refractivity contribution < 1.29 is 23.8 Å². The zero-order chi connectivity index (χ0) is 18.3. The summed E-state index contributed by atoms with van der Waals surface area (Å²) in [6.45, 7) is 1.91. The van der Waals surface area contributed by atoms with Crippen molar-refractivity contribution in [2.45, 2.75) is 18.9 Å². The number of benzene rings is 2. The number of hydrogen-bond donors (Lipinski definition) is 1. The maximum Gasteiger partial charge on any atom is 0.348 e. The van der Waals surface area contributed by atoms with E-state index >= 15 is 0 Å². The highest BCUT2D eigenvalue weighted by Gasteiger charge is 2.45. The van der Waals surface area contributed by atoms with Crippen molar-refractivity contribution in [2.24, 2.45) is 0 Å². The molecule has 0 amide bonds. The number of carbonyl (C=O) groups excluding carboxylic acids is 1. The van der Waals surface area contributed by atoms with Crippen LogP contribution in [0.25, 0.3) is 11.0 Å². The molecule has 2 heterocycles. The van der Waals surface area contributed by atoms with Crippen LogP contribution in [0.4, 0.5) is 0 Å². The summed E-state index contributed by atoms with van der Waals surface area (Å²) >= 11 is 0. The number of phenolic OH excluding ortho intramolecular Hbond substituents is 1. The maximum atomic E-state index is 12.7. The molecule has 132 valence electrons. The molecule has 4 rings (SSSR count). The maximum absolute atomic E-state index is 12.7. The minimum atomic E-state index is -0.997. The first-order valence-electron chi connectivity index (χ1n) is 8.28. The minimum Gasteiger partial charge on any atom is -0.508 e. The van der Waals surface area contributed by atoms with Crippen molar-refractivity contribution in [1.29, 1.82) is 0 Å². The number of rotatable bonds is 3. The fourth-order valence-electron chi connectivity index (χ4n) is 3.31. The SMILES string of the molecule is CCOC(=O)[C@@H]1Oc2c(c(=O)oc3ccccc23)[C@@H]1c1ccc(O)cc1. The zero-order valence-corrected chi connectivity index (χ0v) is 14.0. The lowest BCUT2D eigenvalue weighted by atomic mass is 9.88. The third-order valence-corrected chi connectivity index (χ3v) is 4.43. The smallest absolute Gasteiger partial charge is 0.348 e. The minimum absolute atomic E-state index is 0.0890. The summed E-state index contributed by atoms with van der Waals surface area (Å²) in [7, 11) is 0. The molecule has 0 unspecified atom stereocenters. The summed E-state index contributed by atoms with van der Waals surface area (Å²) < 4.78 is 16.5. The Hall–Kier alpha value is -3.28. The second-order valence-corrected chi connectivity index (χ2v) is 5.99. The van der Waals surface area contributed by atoms with E-state index in [0.29, 0.717) is 22.3 Å². The van der Waals surface area contributed by atoms with E-state index in [-0.39, 0.29) is 17.9 Å². The molecule has 2 aromatic carbocycles. The third kappa shape index (κ3) is 2.50. The zero-order valence-electron chi connectivity index (χ0n) is 14.0. The lowest BCUT2D eigenvalue weighted by molar-refractivity contribution is -0.151. The number of ether oxygens (including phenoxy) is 2. The van der Waals surface area contributed by atoms with Crippen LogP contribution in [0.2, 0.25) is 0 Å². The number of esters is 1. The van der Waals surface area contributed by atoms with Gasteiger partial charge in [0.15, 0.2) is 0 Å². The first-order chi connectivity index (χ1) is 12.6. The number of hydrogen-bond acceptors (Lipinski definition) is 6. The van der Waals surface area contributed by atoms with Crippen LogP contribution in [0, 0.1) is 0 Å². The molecular weight excluding hydrogens is 336 g/mol. The average molecular weight is 352 g/mol. The Morgan fingerprint density at radius 3 is 2.62 bits per heavy atom. The highest BCUT2D eigenvalue weighted by Crippen LogP contribution is 2.44. The first kappa shape index (κ1) is 16.2. The van der Waals surface area contributed by atoms with Crippen molar-refractivity contribution in [2.75, 3.05) is 6.61 Å². The van der Waals surface area contributed by atoms with Crippen LogP contribution >= 0.6 is 0 Å². The van der Waals surface area contributed by atoms with Crippen molar-refractivity contribution in [1.82, 2.24) is 0 Å². The highest BCUT2D eigenvalue weighted by molar-refractivity contribution is 5.88. The molecule has 6 nitrogen and oxygen atoms in total. The fourth-order valence-corrected chi connectivity index (χ4v) is 3.31. The van der Waals surface area contributed by atoms with E-state index in [1.165, 1.54) is 12.1 Å². The second-order valence-electron chi connectivity index (χ2n) is 5.99. The molecule has 0 spiro atoms. The van der Waals surface area contributed by atoms with Gasteiger partial charge in [0.2, 0.25) is 6.10 Å². The molecule has 0 saturated carbocycles. The van der Waals surface area contributed by atoms with E-state index in [2.05, 4.69) is 0 Å². The van der Waals surface area contributed by atoms with Crippen LogP contribution in [-0.2, 0) is 9.53 Å². The van der Waals surface area contributed by atoms with Crippen molar-refractivity contribution in [3.63, 3.8) is 0 Å². The van der Waals surface area contributed by atoms with Crippen molar-refractivity contribution >= 4 is 16.9 Å². The van der Waals surface area contributed by atoms with Gasteiger partial charge in [-0.1, -0.05) is 24.3 Å². The summed E-state index contributed by atoms with van der Waals surface area (Å²) in [4.78, 5) is 25.1. The predicted molar refractivity (Wildman–Crippen MR) is 93.5 cm³/mol. The van der Waals surface area contributed by atoms with E-state index in [9.17, 15) is 14.7 Å². The lowest BCUT2D eigenvalue weighted by Crippen LogP contribution is -2.32. The van der Waals surface area contributed by atoms with Gasteiger partial charge in [-0.05, 0) is 36.8 Å². The molecule has 6 heteroatoms. The van der Waals surface area contributed by atoms with Gasteiger partial charge in [-0.15, -0.1) is 0 Å². The molecule has 1 aromatic heterocycles. The van der Waals surface area contributed by atoms with Crippen LogP contribution in [-0.4, -0.2) is 23.8 Å². The standard InChI is InChI=1S/C20H16O6/c1-2-24-20(23)18-15(11-7-9-12(21)10-8-11)16-17(26-18)13-5-3-4-6-14(13)25-19(16)22/h3-10,15,18,21H,2H2,1H3/t15-,18+/m0/s1. The highest BCUT2D eigenvalue weighted by atomic mass is 16.6.